The van der Waals surface area contributed by atoms with Gasteiger partial charge in [0.25, 0.3) is 0 Å². The van der Waals surface area contributed by atoms with Crippen molar-refractivity contribution in [2.75, 3.05) is 0 Å². The van der Waals surface area contributed by atoms with Gasteiger partial charge in [0.15, 0.2) is 0 Å². The van der Waals surface area contributed by atoms with Gasteiger partial charge in [-0.05, 0) is 44.7 Å². The van der Waals surface area contributed by atoms with E-state index in [1.54, 1.807) is 6.08 Å². The Hall–Kier alpha value is -1.08. The fourth-order valence-corrected chi connectivity index (χ4v) is 3.01. The van der Waals surface area contributed by atoms with Gasteiger partial charge in [0.05, 0.1) is 0 Å². The van der Waals surface area contributed by atoms with Crippen molar-refractivity contribution in [2.24, 2.45) is 5.73 Å². The Morgan fingerprint density at radius 2 is 1.33 bits per heavy atom. The molecule has 0 amide bonds. The van der Waals surface area contributed by atoms with E-state index >= 15 is 0 Å². The predicted octanol–water partition coefficient (Wildman–Crippen LogP) is 8.18. The molecule has 0 spiro atoms. The van der Waals surface area contributed by atoms with Crippen LogP contribution in [0, 0.1) is 6.92 Å². The summed E-state index contributed by atoms with van der Waals surface area (Å²) in [6.45, 7) is 16.2. The maximum absolute atomic E-state index is 5.79. The fourth-order valence-electron chi connectivity index (χ4n) is 3.01. The zero-order valence-electron chi connectivity index (χ0n) is 19.4. The second-order valence-corrected chi connectivity index (χ2v) is 7.69. The molecule has 0 fully saturated rings. The molecule has 0 saturated heterocycles. The topological polar surface area (TPSA) is 26.0 Å². The summed E-state index contributed by atoms with van der Waals surface area (Å²) in [6, 6.07) is 6.89. The second-order valence-electron chi connectivity index (χ2n) is 7.69. The molecule has 2 N–H and O–H groups in total. The summed E-state index contributed by atoms with van der Waals surface area (Å²) in [6.07, 6.45) is 16.8. The van der Waals surface area contributed by atoms with Crippen LogP contribution in [0.5, 0.6) is 0 Å². The standard InChI is InChI=1S/C12H19N.C11H24.C3H6/c1-4-11-7-9(2)5-6-12(11)8-10(3)13;1-3-5-7-9-11-10-8-6-4-2;1-3-2/h5-7,10H,4,8,13H2,1-3H3;3-11H2,1-2H3;3H,1H2,2H3. The van der Waals surface area contributed by atoms with Gasteiger partial charge >= 0.3 is 0 Å². The average molecular weight is 376 g/mol. The van der Waals surface area contributed by atoms with Crippen LogP contribution in [0.2, 0.25) is 0 Å². The molecule has 1 aromatic rings. The molecule has 1 atom stereocenters. The Labute approximate surface area is 171 Å². The number of allylic oxidation sites excluding steroid dienone is 1. The molecule has 0 aliphatic carbocycles. The summed E-state index contributed by atoms with van der Waals surface area (Å²) in [5.74, 6) is 0. The number of benzene rings is 1. The predicted molar refractivity (Wildman–Crippen MR) is 127 cm³/mol. The van der Waals surface area contributed by atoms with Gasteiger partial charge in [0.1, 0.15) is 0 Å². The number of nitrogens with two attached hydrogens (primary N) is 1. The molecule has 1 heteroatoms. The monoisotopic (exact) mass is 375 g/mol. The first kappa shape index (κ1) is 28.1. The van der Waals surface area contributed by atoms with Gasteiger partial charge in [-0.15, -0.1) is 6.58 Å². The highest BCUT2D eigenvalue weighted by Gasteiger charge is 2.03. The summed E-state index contributed by atoms with van der Waals surface area (Å²) in [5, 5.41) is 0. The number of aryl methyl sites for hydroxylation is 2. The Kier molecular flexibility index (Phi) is 22.1. The molecule has 0 aliphatic heterocycles. The Bertz CT molecular complexity index is 426. The molecule has 0 bridgehead atoms. The van der Waals surface area contributed by atoms with Crippen LogP contribution in [-0.4, -0.2) is 6.04 Å². The van der Waals surface area contributed by atoms with Crippen molar-refractivity contribution in [3.8, 4) is 0 Å². The van der Waals surface area contributed by atoms with Crippen LogP contribution < -0.4 is 5.73 Å². The first-order valence-electron chi connectivity index (χ1n) is 11.4. The van der Waals surface area contributed by atoms with Gasteiger partial charge in [-0.3, -0.25) is 0 Å². The van der Waals surface area contributed by atoms with Crippen molar-refractivity contribution in [3.63, 3.8) is 0 Å². The Morgan fingerprint density at radius 1 is 0.889 bits per heavy atom. The van der Waals surface area contributed by atoms with Crippen molar-refractivity contribution < 1.29 is 0 Å². The van der Waals surface area contributed by atoms with E-state index in [1.807, 2.05) is 6.92 Å². The van der Waals surface area contributed by atoms with Gasteiger partial charge in [-0.25, -0.2) is 0 Å². The normalized spacial score (nSPS) is 10.9. The van der Waals surface area contributed by atoms with Gasteiger partial charge in [0, 0.05) is 6.04 Å². The fraction of sp³-hybridized carbons (Fsp3) is 0.692. The largest absolute Gasteiger partial charge is 0.328 e. The summed E-state index contributed by atoms with van der Waals surface area (Å²) in [5.41, 5.74) is 9.97. The van der Waals surface area contributed by atoms with E-state index in [0.29, 0.717) is 0 Å². The van der Waals surface area contributed by atoms with Crippen molar-refractivity contribution in [2.45, 2.75) is 118 Å². The Morgan fingerprint density at radius 3 is 1.70 bits per heavy atom. The zero-order chi connectivity index (χ0) is 20.9. The van der Waals surface area contributed by atoms with Gasteiger partial charge in [0.2, 0.25) is 0 Å². The summed E-state index contributed by atoms with van der Waals surface area (Å²) in [4.78, 5) is 0. The highest BCUT2D eigenvalue weighted by atomic mass is 14.6. The smallest absolute Gasteiger partial charge is 0.00510 e. The molecule has 0 aliphatic rings. The third-order valence-electron chi connectivity index (χ3n) is 4.49. The molecule has 0 aromatic heterocycles. The van der Waals surface area contributed by atoms with E-state index in [4.69, 9.17) is 5.73 Å². The van der Waals surface area contributed by atoms with Crippen LogP contribution in [0.15, 0.2) is 30.9 Å². The van der Waals surface area contributed by atoms with Crippen LogP contribution in [0.25, 0.3) is 0 Å². The lowest BCUT2D eigenvalue weighted by atomic mass is 9.98. The zero-order valence-corrected chi connectivity index (χ0v) is 19.4. The molecule has 1 unspecified atom stereocenters. The van der Waals surface area contributed by atoms with Crippen molar-refractivity contribution >= 4 is 0 Å². The van der Waals surface area contributed by atoms with E-state index in [2.05, 4.69) is 59.4 Å². The van der Waals surface area contributed by atoms with E-state index < -0.39 is 0 Å². The van der Waals surface area contributed by atoms with E-state index in [9.17, 15) is 0 Å². The second kappa shape index (κ2) is 21.2. The van der Waals surface area contributed by atoms with Crippen LogP contribution in [0.3, 0.4) is 0 Å². The first-order chi connectivity index (χ1) is 13.0. The van der Waals surface area contributed by atoms with Crippen LogP contribution in [0.4, 0.5) is 0 Å². The third-order valence-corrected chi connectivity index (χ3v) is 4.49. The number of rotatable bonds is 11. The van der Waals surface area contributed by atoms with E-state index in [0.717, 1.165) is 12.8 Å². The molecule has 0 saturated carbocycles. The molecule has 1 rings (SSSR count). The van der Waals surface area contributed by atoms with Gasteiger partial charge < -0.3 is 5.73 Å². The highest BCUT2D eigenvalue weighted by Crippen LogP contribution is 2.14. The minimum Gasteiger partial charge on any atom is -0.328 e. The van der Waals surface area contributed by atoms with Gasteiger partial charge in [-0.2, -0.15) is 0 Å². The molecule has 27 heavy (non-hydrogen) atoms. The number of unbranched alkanes of at least 4 members (excludes halogenated alkanes) is 8. The molecular weight excluding hydrogens is 326 g/mol. The number of hydrogen-bond donors (Lipinski definition) is 1. The quantitative estimate of drug-likeness (QED) is 0.306. The minimum absolute atomic E-state index is 0.257. The van der Waals surface area contributed by atoms with E-state index in [-0.39, 0.29) is 6.04 Å². The number of hydrogen-bond acceptors (Lipinski definition) is 1. The highest BCUT2D eigenvalue weighted by molar-refractivity contribution is 5.32. The maximum atomic E-state index is 5.79. The van der Waals surface area contributed by atoms with Crippen LogP contribution in [0.1, 0.15) is 109 Å². The van der Waals surface area contributed by atoms with Crippen molar-refractivity contribution in [1.82, 2.24) is 0 Å². The molecule has 1 aromatic carbocycles. The lowest BCUT2D eigenvalue weighted by Gasteiger charge is -2.10. The summed E-state index contributed by atoms with van der Waals surface area (Å²) < 4.78 is 0. The van der Waals surface area contributed by atoms with Crippen LogP contribution >= 0.6 is 0 Å². The molecule has 0 radical (unpaired) electrons. The van der Waals surface area contributed by atoms with Crippen molar-refractivity contribution in [1.29, 1.82) is 0 Å². The maximum Gasteiger partial charge on any atom is 0.00510 e. The lowest BCUT2D eigenvalue weighted by molar-refractivity contribution is 0.572. The summed E-state index contributed by atoms with van der Waals surface area (Å²) >= 11 is 0. The van der Waals surface area contributed by atoms with Crippen molar-refractivity contribution in [3.05, 3.63) is 47.5 Å². The molecular formula is C26H49N. The minimum atomic E-state index is 0.257. The third kappa shape index (κ3) is 19.5. The average Bonchev–Trinajstić information content (AvgIpc) is 2.63. The molecule has 158 valence electrons. The van der Waals surface area contributed by atoms with E-state index in [1.165, 1.54) is 74.5 Å². The lowest BCUT2D eigenvalue weighted by Crippen LogP contribution is -2.18. The first-order valence-corrected chi connectivity index (χ1v) is 11.4. The Balaban J connectivity index is 0. The molecule has 1 nitrogen and oxygen atoms in total. The molecule has 0 heterocycles. The SMILES string of the molecule is C=CC.CCCCCCCCCCC.CCc1cc(C)ccc1CC(C)N. The van der Waals surface area contributed by atoms with Gasteiger partial charge in [-0.1, -0.05) is 108 Å². The van der Waals surface area contributed by atoms with Crippen LogP contribution in [-0.2, 0) is 12.8 Å². The summed E-state index contributed by atoms with van der Waals surface area (Å²) in [7, 11) is 0.